The second kappa shape index (κ2) is 8.32. The van der Waals surface area contributed by atoms with E-state index in [1.54, 1.807) is 12.1 Å². The largest absolute Gasteiger partial charge is 0.478 e. The van der Waals surface area contributed by atoms with E-state index in [1.807, 2.05) is 6.92 Å². The molecule has 8 atom stereocenters. The molecule has 1 saturated carbocycles. The molecule has 1 spiro atoms. The van der Waals surface area contributed by atoms with Crippen LogP contribution in [0.2, 0.25) is 0 Å². The molecule has 0 radical (unpaired) electrons. The Bertz CT molecular complexity index is 922. The van der Waals surface area contributed by atoms with Crippen molar-refractivity contribution in [3.63, 3.8) is 0 Å². The van der Waals surface area contributed by atoms with E-state index in [4.69, 9.17) is 29.1 Å². The lowest BCUT2D eigenvalue weighted by Crippen LogP contribution is -2.70. The molecule has 0 unspecified atom stereocenters. The number of carboxylic acid groups (broad SMARTS) is 1. The Morgan fingerprint density at radius 1 is 1.12 bits per heavy atom. The summed E-state index contributed by atoms with van der Waals surface area (Å²) >= 11 is 0. The van der Waals surface area contributed by atoms with Crippen molar-refractivity contribution in [3.8, 4) is 0 Å². The number of nitrogens with one attached hydrogen (secondary N) is 1. The van der Waals surface area contributed by atoms with Crippen LogP contribution in [0.5, 0.6) is 0 Å². The van der Waals surface area contributed by atoms with Crippen LogP contribution < -0.4 is 5.32 Å². The third-order valence-electron chi connectivity index (χ3n) is 7.89. The number of carbonyl (C=O) groups excluding carboxylic acids is 1. The summed E-state index contributed by atoms with van der Waals surface area (Å²) in [7, 11) is 0. The average molecular weight is 462 g/mol. The van der Waals surface area contributed by atoms with E-state index in [-0.39, 0.29) is 35.8 Å². The number of rotatable bonds is 5. The maximum Gasteiger partial charge on any atom is 0.335 e. The molecule has 1 aromatic rings. The summed E-state index contributed by atoms with van der Waals surface area (Å²) in [5, 5.41) is 11.7. The van der Waals surface area contributed by atoms with E-state index in [2.05, 4.69) is 19.2 Å². The van der Waals surface area contributed by atoms with Gasteiger partial charge < -0.3 is 24.6 Å². The lowest BCUT2D eigenvalue weighted by atomic mass is 9.58. The molecule has 33 heavy (non-hydrogen) atoms. The number of carbonyl (C=O) groups is 2. The average Bonchev–Trinajstić information content (AvgIpc) is 3.01. The predicted molar refractivity (Wildman–Crippen MR) is 115 cm³/mol. The van der Waals surface area contributed by atoms with Gasteiger partial charge in [0.25, 0.3) is 0 Å². The van der Waals surface area contributed by atoms with Crippen molar-refractivity contribution in [1.29, 1.82) is 0 Å². The third-order valence-corrected chi connectivity index (χ3v) is 7.89. The molecule has 5 fully saturated rings. The lowest BCUT2D eigenvalue weighted by molar-refractivity contribution is -0.577. The van der Waals surface area contributed by atoms with Crippen molar-refractivity contribution in [2.45, 2.75) is 70.4 Å². The Balaban J connectivity index is 1.27. The number of ether oxygens (including phenoxy) is 3. The van der Waals surface area contributed by atoms with Crippen LogP contribution in [0.4, 0.5) is 5.69 Å². The Morgan fingerprint density at radius 3 is 2.61 bits per heavy atom. The van der Waals surface area contributed by atoms with Crippen LogP contribution in [0.1, 0.15) is 56.8 Å². The first-order chi connectivity index (χ1) is 15.7. The molecule has 4 heterocycles. The highest BCUT2D eigenvalue weighted by atomic mass is 17.3. The lowest BCUT2D eigenvalue weighted by Gasteiger charge is -2.60. The number of anilines is 1. The molecule has 1 aromatic carbocycles. The zero-order valence-electron chi connectivity index (χ0n) is 19.1. The second-order valence-corrected chi connectivity index (χ2v) is 10.0. The normalized spacial score (nSPS) is 41.7. The molecular formula is C24H31NO8. The van der Waals surface area contributed by atoms with E-state index in [0.717, 1.165) is 25.7 Å². The maximum atomic E-state index is 12.5. The van der Waals surface area contributed by atoms with Crippen molar-refractivity contribution in [2.75, 3.05) is 11.9 Å². The number of hydrogen-bond acceptors (Lipinski definition) is 7. The van der Waals surface area contributed by atoms with E-state index in [9.17, 15) is 9.59 Å². The summed E-state index contributed by atoms with van der Waals surface area (Å²) < 4.78 is 18.5. The van der Waals surface area contributed by atoms with Crippen molar-refractivity contribution in [2.24, 2.45) is 23.7 Å². The number of benzene rings is 1. The van der Waals surface area contributed by atoms with Crippen LogP contribution in [0.25, 0.3) is 0 Å². The summed E-state index contributed by atoms with van der Waals surface area (Å²) in [4.78, 5) is 35.4. The monoisotopic (exact) mass is 461 g/mol. The van der Waals surface area contributed by atoms with Crippen LogP contribution in [0, 0.1) is 23.7 Å². The smallest absolute Gasteiger partial charge is 0.335 e. The van der Waals surface area contributed by atoms with Crippen molar-refractivity contribution in [1.82, 2.24) is 0 Å². The van der Waals surface area contributed by atoms with Gasteiger partial charge in [0.15, 0.2) is 18.2 Å². The topological polar surface area (TPSA) is 113 Å². The molecule has 1 aliphatic carbocycles. The highest BCUT2D eigenvalue weighted by Crippen LogP contribution is 2.60. The predicted octanol–water partition coefficient (Wildman–Crippen LogP) is 3.55. The Labute approximate surface area is 192 Å². The molecule has 2 bridgehead atoms. The van der Waals surface area contributed by atoms with E-state index in [0.29, 0.717) is 11.6 Å². The fourth-order valence-corrected chi connectivity index (χ4v) is 6.11. The van der Waals surface area contributed by atoms with Crippen molar-refractivity contribution >= 4 is 17.6 Å². The first kappa shape index (κ1) is 22.7. The van der Waals surface area contributed by atoms with Gasteiger partial charge in [-0.1, -0.05) is 13.8 Å². The zero-order chi connectivity index (χ0) is 23.4. The molecule has 4 aliphatic heterocycles. The first-order valence-electron chi connectivity index (χ1n) is 11.7. The fourth-order valence-electron chi connectivity index (χ4n) is 6.11. The molecule has 6 rings (SSSR count). The Kier molecular flexibility index (Phi) is 5.73. The molecule has 1 amide bonds. The van der Waals surface area contributed by atoms with E-state index < -0.39 is 29.9 Å². The van der Waals surface area contributed by atoms with Gasteiger partial charge in [-0.3, -0.25) is 4.79 Å². The quantitative estimate of drug-likeness (QED) is 0.641. The highest BCUT2D eigenvalue weighted by molar-refractivity contribution is 5.93. The number of aromatic carboxylic acids is 1. The SMILES string of the molecule is C[C@H]1[C@@H](OCC(=O)Nc2ccc(C(=O)O)cc2)O[C@@H]2O[C@@]3(C)CC[C@H]4[C@H](C)CC[C@@H]1[C@@]24OO3. The minimum absolute atomic E-state index is 0.0199. The third kappa shape index (κ3) is 3.85. The molecular weight excluding hydrogens is 430 g/mol. The van der Waals surface area contributed by atoms with Crippen LogP contribution in [0.3, 0.4) is 0 Å². The van der Waals surface area contributed by atoms with Crippen molar-refractivity contribution in [3.05, 3.63) is 29.8 Å². The number of fused-ring (bicyclic) bond motifs is 2. The van der Waals surface area contributed by atoms with Gasteiger partial charge in [0, 0.05) is 23.9 Å². The maximum absolute atomic E-state index is 12.5. The molecule has 9 heteroatoms. The molecule has 5 aliphatic rings. The van der Waals surface area contributed by atoms with Gasteiger partial charge in [-0.15, -0.1) is 0 Å². The minimum Gasteiger partial charge on any atom is -0.478 e. The van der Waals surface area contributed by atoms with Crippen LogP contribution in [0.15, 0.2) is 24.3 Å². The standard InChI is InChI=1S/C24H31NO8/c1-13-4-9-18-14(2)21(29-12-19(26)25-16-7-5-15(6-8-16)20(27)28)30-22-24(18)17(13)10-11-23(3,31-22)32-33-24/h5-8,13-14,17-18,21-22H,4,9-12H2,1-3H3,(H,25,26)(H,27,28)/t13-,14-,17+,18+,21+,22-,23-,24-/m1/s1. The van der Waals surface area contributed by atoms with Gasteiger partial charge in [-0.2, -0.15) is 0 Å². The van der Waals surface area contributed by atoms with Gasteiger partial charge in [0.1, 0.15) is 6.61 Å². The van der Waals surface area contributed by atoms with Gasteiger partial charge in [0.2, 0.25) is 11.7 Å². The molecule has 9 nitrogen and oxygen atoms in total. The van der Waals surface area contributed by atoms with E-state index in [1.165, 1.54) is 12.1 Å². The molecule has 0 aromatic heterocycles. The van der Waals surface area contributed by atoms with Gasteiger partial charge in [0.05, 0.1) is 5.56 Å². The first-order valence-corrected chi connectivity index (χ1v) is 11.7. The van der Waals surface area contributed by atoms with Gasteiger partial charge >= 0.3 is 5.97 Å². The van der Waals surface area contributed by atoms with Crippen LogP contribution in [-0.2, 0) is 28.8 Å². The molecule has 4 saturated heterocycles. The highest BCUT2D eigenvalue weighted by Gasteiger charge is 2.69. The summed E-state index contributed by atoms with van der Waals surface area (Å²) in [6.07, 6.45) is 2.49. The summed E-state index contributed by atoms with van der Waals surface area (Å²) in [6, 6.07) is 5.96. The Hall–Kier alpha value is -2.04. The molecule has 180 valence electrons. The van der Waals surface area contributed by atoms with Gasteiger partial charge in [-0.25, -0.2) is 14.6 Å². The van der Waals surface area contributed by atoms with Crippen LogP contribution in [-0.4, -0.2) is 47.6 Å². The minimum atomic E-state index is -1.02. The van der Waals surface area contributed by atoms with E-state index >= 15 is 0 Å². The number of hydrogen-bond donors (Lipinski definition) is 2. The molecule has 2 N–H and O–H groups in total. The van der Waals surface area contributed by atoms with Crippen molar-refractivity contribution < 1.29 is 38.7 Å². The van der Waals surface area contributed by atoms with Gasteiger partial charge in [-0.05, 0) is 62.3 Å². The number of carboxylic acids is 1. The zero-order valence-corrected chi connectivity index (χ0v) is 19.1. The summed E-state index contributed by atoms with van der Waals surface area (Å²) in [5.74, 6) is -1.38. The number of amides is 1. The van der Waals surface area contributed by atoms with Crippen LogP contribution >= 0.6 is 0 Å². The Morgan fingerprint density at radius 2 is 1.88 bits per heavy atom. The summed E-state index contributed by atoms with van der Waals surface area (Å²) in [5.41, 5.74) is -0.0151. The fraction of sp³-hybridized carbons (Fsp3) is 0.667. The second-order valence-electron chi connectivity index (χ2n) is 10.0. The summed E-state index contributed by atoms with van der Waals surface area (Å²) in [6.45, 7) is 6.00.